The van der Waals surface area contributed by atoms with Crippen molar-refractivity contribution < 1.29 is 9.53 Å². The van der Waals surface area contributed by atoms with Crippen LogP contribution in [0.1, 0.15) is 0 Å². The van der Waals surface area contributed by atoms with Crippen LogP contribution in [0.4, 0.5) is 5.69 Å². The molecule has 2 aromatic carbocycles. The molecule has 26 heavy (non-hydrogen) atoms. The minimum atomic E-state index is -0.729. The van der Waals surface area contributed by atoms with E-state index in [4.69, 9.17) is 34.3 Å². The van der Waals surface area contributed by atoms with Crippen LogP contribution in [0.2, 0.25) is 5.02 Å². The molecule has 1 atom stereocenters. The van der Waals surface area contributed by atoms with Crippen LogP contribution in [0.15, 0.2) is 53.4 Å². The van der Waals surface area contributed by atoms with E-state index in [9.17, 15) is 4.79 Å². The number of halogens is 1. The highest BCUT2D eigenvalue weighted by atomic mass is 35.5. The highest BCUT2D eigenvalue weighted by molar-refractivity contribution is 7.99. The maximum Gasteiger partial charge on any atom is 0.260 e. The van der Waals surface area contributed by atoms with Gasteiger partial charge in [-0.25, -0.2) is 0 Å². The highest BCUT2D eigenvalue weighted by Gasteiger charge is 2.30. The van der Waals surface area contributed by atoms with E-state index in [1.54, 1.807) is 17.8 Å². The number of para-hydroxylation sites is 2. The number of primary amides is 1. The van der Waals surface area contributed by atoms with Crippen LogP contribution in [0.3, 0.4) is 0 Å². The first-order chi connectivity index (χ1) is 12.5. The summed E-state index contributed by atoms with van der Waals surface area (Å²) < 4.78 is 5.65. The number of nitrogens with one attached hydrogen (secondary N) is 1. The number of hydrogen-bond acceptors (Lipinski definition) is 4. The summed E-state index contributed by atoms with van der Waals surface area (Å²) in [5.74, 6) is 0.931. The molecule has 0 spiro atoms. The van der Waals surface area contributed by atoms with Crippen LogP contribution in [-0.4, -0.2) is 36.0 Å². The number of nitrogens with two attached hydrogens (primary N) is 1. The van der Waals surface area contributed by atoms with Gasteiger partial charge in [-0.15, -0.1) is 11.8 Å². The Balaban J connectivity index is 1.58. The van der Waals surface area contributed by atoms with E-state index in [0.717, 1.165) is 21.4 Å². The number of thioether (sulfide) groups is 1. The lowest BCUT2D eigenvalue weighted by Crippen LogP contribution is -2.52. The van der Waals surface area contributed by atoms with E-state index in [0.29, 0.717) is 24.0 Å². The molecule has 0 bridgehead atoms. The Morgan fingerprint density at radius 1 is 1.31 bits per heavy atom. The number of fused-ring (bicyclic) bond motifs is 1. The first kappa shape index (κ1) is 18.8. The molecular weight excluding hydrogens is 390 g/mol. The van der Waals surface area contributed by atoms with E-state index in [2.05, 4.69) is 5.32 Å². The number of amides is 1. The number of anilines is 1. The van der Waals surface area contributed by atoms with Gasteiger partial charge in [-0.05, 0) is 48.6 Å². The Hall–Kier alpha value is -1.96. The quantitative estimate of drug-likeness (QED) is 0.451. The standard InChI is InChI=1S/C18H18ClN3O2S2/c19-12-5-7-13(8-6-12)26-10-9-21-18(25)22-11-16(17(20)23)24-15-4-2-1-3-14(15)22/h1-8,16H,9-11H2,(H2,20,23)(H,21,25). The average Bonchev–Trinajstić information content (AvgIpc) is 2.65. The molecule has 3 N–H and O–H groups in total. The van der Waals surface area contributed by atoms with Gasteiger partial charge in [0.15, 0.2) is 11.2 Å². The van der Waals surface area contributed by atoms with Gasteiger partial charge in [0.05, 0.1) is 12.2 Å². The van der Waals surface area contributed by atoms with Crippen LogP contribution in [0, 0.1) is 0 Å². The lowest BCUT2D eigenvalue weighted by molar-refractivity contribution is -0.124. The predicted molar refractivity (Wildman–Crippen MR) is 110 cm³/mol. The van der Waals surface area contributed by atoms with E-state index < -0.39 is 12.0 Å². The number of carbonyl (C=O) groups excluding carboxylic acids is 1. The van der Waals surface area contributed by atoms with E-state index in [1.165, 1.54) is 0 Å². The molecule has 136 valence electrons. The lowest BCUT2D eigenvalue weighted by Gasteiger charge is -2.35. The predicted octanol–water partition coefficient (Wildman–Crippen LogP) is 3.06. The summed E-state index contributed by atoms with van der Waals surface area (Å²) in [6.45, 7) is 0.982. The Bertz CT molecular complexity index is 801. The SMILES string of the molecule is NC(=O)C1CN(C(=S)NCCSc2ccc(Cl)cc2)c2ccccc2O1. The number of benzene rings is 2. The van der Waals surface area contributed by atoms with E-state index in [1.807, 2.05) is 47.4 Å². The smallest absolute Gasteiger partial charge is 0.260 e. The Morgan fingerprint density at radius 3 is 2.77 bits per heavy atom. The molecule has 3 rings (SSSR count). The topological polar surface area (TPSA) is 67.6 Å². The summed E-state index contributed by atoms with van der Waals surface area (Å²) in [6, 6.07) is 15.2. The van der Waals surface area contributed by atoms with Gasteiger partial charge in [-0.3, -0.25) is 4.79 Å². The van der Waals surface area contributed by atoms with Crippen LogP contribution < -0.4 is 20.7 Å². The van der Waals surface area contributed by atoms with Gasteiger partial charge in [-0.1, -0.05) is 23.7 Å². The zero-order valence-electron chi connectivity index (χ0n) is 13.9. The fraction of sp³-hybridized carbons (Fsp3) is 0.222. The normalized spacial score (nSPS) is 15.7. The molecule has 0 radical (unpaired) electrons. The third-order valence-electron chi connectivity index (χ3n) is 3.80. The van der Waals surface area contributed by atoms with Crippen molar-refractivity contribution in [3.05, 3.63) is 53.6 Å². The van der Waals surface area contributed by atoms with Crippen LogP contribution in [0.5, 0.6) is 5.75 Å². The molecule has 5 nitrogen and oxygen atoms in total. The molecule has 1 unspecified atom stereocenters. The third kappa shape index (κ3) is 4.60. The van der Waals surface area contributed by atoms with Gasteiger partial charge in [-0.2, -0.15) is 0 Å². The Morgan fingerprint density at radius 2 is 2.04 bits per heavy atom. The summed E-state index contributed by atoms with van der Waals surface area (Å²) in [5, 5.41) is 4.51. The van der Waals surface area contributed by atoms with Gasteiger partial charge < -0.3 is 20.7 Å². The van der Waals surface area contributed by atoms with Crippen molar-refractivity contribution in [2.75, 3.05) is 23.7 Å². The van der Waals surface area contributed by atoms with Crippen LogP contribution in [-0.2, 0) is 4.79 Å². The number of hydrogen-bond donors (Lipinski definition) is 2. The fourth-order valence-corrected chi connectivity index (χ4v) is 3.70. The van der Waals surface area contributed by atoms with Crippen molar-refractivity contribution in [3.8, 4) is 5.75 Å². The van der Waals surface area contributed by atoms with E-state index in [-0.39, 0.29) is 0 Å². The highest BCUT2D eigenvalue weighted by Crippen LogP contribution is 2.33. The molecule has 2 aromatic rings. The number of ether oxygens (including phenoxy) is 1. The monoisotopic (exact) mass is 407 g/mol. The molecule has 0 fully saturated rings. The van der Waals surface area contributed by atoms with Crippen molar-refractivity contribution in [1.82, 2.24) is 5.32 Å². The molecule has 1 amide bonds. The van der Waals surface area contributed by atoms with Crippen molar-refractivity contribution in [3.63, 3.8) is 0 Å². The molecule has 8 heteroatoms. The van der Waals surface area contributed by atoms with Gasteiger partial charge in [0.2, 0.25) is 0 Å². The van der Waals surface area contributed by atoms with Gasteiger partial charge in [0, 0.05) is 22.2 Å². The van der Waals surface area contributed by atoms with Crippen molar-refractivity contribution in [2.24, 2.45) is 5.73 Å². The number of rotatable bonds is 5. The second kappa shape index (κ2) is 8.62. The van der Waals surface area contributed by atoms with Crippen LogP contribution in [0.25, 0.3) is 0 Å². The summed E-state index contributed by atoms with van der Waals surface area (Å²) in [4.78, 5) is 14.6. The van der Waals surface area contributed by atoms with Gasteiger partial charge in [0.1, 0.15) is 5.75 Å². The largest absolute Gasteiger partial charge is 0.477 e. The molecule has 1 aliphatic heterocycles. The maximum atomic E-state index is 11.6. The third-order valence-corrected chi connectivity index (χ3v) is 5.43. The molecule has 1 aliphatic rings. The maximum absolute atomic E-state index is 11.6. The zero-order chi connectivity index (χ0) is 18.5. The first-order valence-corrected chi connectivity index (χ1v) is 9.80. The molecule has 0 saturated heterocycles. The average molecular weight is 408 g/mol. The van der Waals surface area contributed by atoms with Crippen molar-refractivity contribution in [2.45, 2.75) is 11.0 Å². The zero-order valence-corrected chi connectivity index (χ0v) is 16.2. The number of nitrogens with zero attached hydrogens (tertiary/aromatic N) is 1. The minimum Gasteiger partial charge on any atom is -0.477 e. The second-order valence-electron chi connectivity index (χ2n) is 5.62. The van der Waals surface area contributed by atoms with Gasteiger partial charge >= 0.3 is 0 Å². The summed E-state index contributed by atoms with van der Waals surface area (Å²) >= 11 is 13.1. The summed E-state index contributed by atoms with van der Waals surface area (Å²) in [5.41, 5.74) is 6.24. The van der Waals surface area contributed by atoms with Gasteiger partial charge in [0.25, 0.3) is 5.91 Å². The molecule has 0 aliphatic carbocycles. The molecule has 0 aromatic heterocycles. The van der Waals surface area contributed by atoms with E-state index >= 15 is 0 Å². The second-order valence-corrected chi connectivity index (χ2v) is 7.61. The summed E-state index contributed by atoms with van der Waals surface area (Å²) in [7, 11) is 0. The van der Waals surface area contributed by atoms with Crippen molar-refractivity contribution >= 4 is 52.3 Å². The number of thiocarbonyl (C=S) groups is 1. The first-order valence-electron chi connectivity index (χ1n) is 8.03. The number of carbonyl (C=O) groups is 1. The lowest BCUT2D eigenvalue weighted by atomic mass is 10.2. The molecule has 0 saturated carbocycles. The Kier molecular flexibility index (Phi) is 6.24. The molecular formula is C18H18ClN3O2S2. The summed E-state index contributed by atoms with van der Waals surface area (Å²) in [6.07, 6.45) is -0.729. The van der Waals surface area contributed by atoms with Crippen LogP contribution >= 0.6 is 35.6 Å². The minimum absolute atomic E-state index is 0.294. The van der Waals surface area contributed by atoms with Crippen molar-refractivity contribution in [1.29, 1.82) is 0 Å². The molecule has 1 heterocycles. The fourth-order valence-electron chi connectivity index (χ4n) is 2.53. The Labute approximate surface area is 166 Å².